The highest BCUT2D eigenvalue weighted by atomic mass is 31.2. The molecule has 594 valence electrons. The molecule has 0 radical (unpaired) electrons. The minimum atomic E-state index is -4.96. The van der Waals surface area contributed by atoms with Crippen LogP contribution in [0.2, 0.25) is 0 Å². The van der Waals surface area contributed by atoms with Gasteiger partial charge in [0.2, 0.25) is 0 Å². The van der Waals surface area contributed by atoms with Crippen LogP contribution in [-0.2, 0) is 65.4 Å². The van der Waals surface area contributed by atoms with Gasteiger partial charge in [0.15, 0.2) is 12.2 Å². The Labute approximate surface area is 613 Å². The zero-order chi connectivity index (χ0) is 73.5. The molecule has 0 bridgehead atoms. The van der Waals surface area contributed by atoms with Crippen molar-refractivity contribution in [2.24, 2.45) is 11.8 Å². The summed E-state index contributed by atoms with van der Waals surface area (Å²) in [5.74, 6) is -0.548. The molecule has 17 nitrogen and oxygen atoms in total. The highest BCUT2D eigenvalue weighted by molar-refractivity contribution is 7.47. The smallest absolute Gasteiger partial charge is 0.462 e. The molecule has 3 unspecified atom stereocenters. The van der Waals surface area contributed by atoms with Crippen molar-refractivity contribution in [1.82, 2.24) is 0 Å². The Morgan fingerprint density at radius 1 is 0.290 bits per heavy atom. The first kappa shape index (κ1) is 98.1. The van der Waals surface area contributed by atoms with Crippen molar-refractivity contribution in [2.75, 3.05) is 39.6 Å². The van der Waals surface area contributed by atoms with Gasteiger partial charge in [0.1, 0.15) is 19.3 Å². The van der Waals surface area contributed by atoms with E-state index in [1.807, 2.05) is 0 Å². The molecule has 0 aromatic rings. The summed E-state index contributed by atoms with van der Waals surface area (Å²) in [5.41, 5.74) is 0. The van der Waals surface area contributed by atoms with Crippen molar-refractivity contribution in [3.05, 3.63) is 0 Å². The predicted molar refractivity (Wildman–Crippen MR) is 409 cm³/mol. The summed E-state index contributed by atoms with van der Waals surface area (Å²) in [6, 6.07) is 0. The number of aliphatic hydroxyl groups is 1. The molecule has 6 atom stereocenters. The summed E-state index contributed by atoms with van der Waals surface area (Å²) in [6.07, 6.45) is 62.4. The first-order valence-electron chi connectivity index (χ1n) is 42.0. The fraction of sp³-hybridized carbons (Fsp3) is 0.951. The van der Waals surface area contributed by atoms with Crippen LogP contribution in [0.5, 0.6) is 0 Å². The molecular formula is C81H158O17P2. The standard InChI is InChI=1S/C81H158O17P2/c1-7-10-12-14-16-18-20-22-23-24-25-26-27-28-31-36-40-47-53-59-65-80(85)97-76(69-91-79(84)64-58-52-46-39-35-32-29-30-33-37-43-49-55-61-73(4)5)71-95-99(87,88)93-67-75(82)68-94-100(89,90)96-72-77(98-81(86)66-60-54-48-42-41-44-50-56-62-74(6)9-3)70-92-78(83)63-57-51-45-38-34-21-19-17-15-13-11-8-2/h73-77,82H,7-72H2,1-6H3,(H,87,88)(H,89,90)/t74?,75-,76-,77-/m1/s1. The second-order valence-corrected chi connectivity index (χ2v) is 32.8. The Hall–Kier alpha value is -1.94. The average molecular weight is 1470 g/mol. The lowest BCUT2D eigenvalue weighted by atomic mass is 9.99. The Balaban J connectivity index is 5.24. The van der Waals surface area contributed by atoms with Crippen molar-refractivity contribution < 1.29 is 80.2 Å². The summed E-state index contributed by atoms with van der Waals surface area (Å²) in [4.78, 5) is 73.0. The maximum absolute atomic E-state index is 13.1. The fourth-order valence-electron chi connectivity index (χ4n) is 12.5. The van der Waals surface area contributed by atoms with Gasteiger partial charge in [0.25, 0.3) is 0 Å². The highest BCUT2D eigenvalue weighted by Gasteiger charge is 2.30. The van der Waals surface area contributed by atoms with Crippen molar-refractivity contribution in [1.29, 1.82) is 0 Å². The molecule has 0 aliphatic rings. The molecule has 0 rings (SSSR count). The largest absolute Gasteiger partial charge is 0.472 e. The predicted octanol–water partition coefficient (Wildman–Crippen LogP) is 24.3. The number of ether oxygens (including phenoxy) is 4. The van der Waals surface area contributed by atoms with Gasteiger partial charge in [-0.1, -0.05) is 375 Å². The molecule has 0 fully saturated rings. The van der Waals surface area contributed by atoms with Crippen LogP contribution in [0.15, 0.2) is 0 Å². The Morgan fingerprint density at radius 2 is 0.510 bits per heavy atom. The number of carbonyl (C=O) groups is 4. The molecule has 0 aliphatic heterocycles. The Bertz CT molecular complexity index is 1930. The Morgan fingerprint density at radius 3 is 0.760 bits per heavy atom. The quantitative estimate of drug-likeness (QED) is 0.0222. The van der Waals surface area contributed by atoms with Crippen molar-refractivity contribution in [3.8, 4) is 0 Å². The van der Waals surface area contributed by atoms with Gasteiger partial charge in [-0.3, -0.25) is 37.3 Å². The van der Waals surface area contributed by atoms with E-state index in [-0.39, 0.29) is 25.7 Å². The average Bonchev–Trinajstić information content (AvgIpc) is 0.966. The van der Waals surface area contributed by atoms with Crippen LogP contribution in [0.1, 0.15) is 427 Å². The van der Waals surface area contributed by atoms with E-state index in [4.69, 9.17) is 37.0 Å². The van der Waals surface area contributed by atoms with E-state index in [1.54, 1.807) is 0 Å². The first-order chi connectivity index (χ1) is 48.4. The van der Waals surface area contributed by atoms with Gasteiger partial charge >= 0.3 is 39.5 Å². The van der Waals surface area contributed by atoms with Gasteiger partial charge in [-0.25, -0.2) is 9.13 Å². The summed E-state index contributed by atoms with van der Waals surface area (Å²) >= 11 is 0. The minimum absolute atomic E-state index is 0.106. The van der Waals surface area contributed by atoms with E-state index in [0.717, 1.165) is 102 Å². The first-order valence-corrected chi connectivity index (χ1v) is 45.0. The van der Waals surface area contributed by atoms with Crippen LogP contribution in [0, 0.1) is 11.8 Å². The van der Waals surface area contributed by atoms with Crippen molar-refractivity contribution in [3.63, 3.8) is 0 Å². The third-order valence-electron chi connectivity index (χ3n) is 19.3. The summed E-state index contributed by atoms with van der Waals surface area (Å²) in [7, 11) is -9.92. The van der Waals surface area contributed by atoms with Crippen LogP contribution in [0.3, 0.4) is 0 Å². The van der Waals surface area contributed by atoms with E-state index in [1.165, 1.54) is 244 Å². The molecule has 100 heavy (non-hydrogen) atoms. The van der Waals surface area contributed by atoms with Gasteiger partial charge in [-0.05, 0) is 37.5 Å². The lowest BCUT2D eigenvalue weighted by Crippen LogP contribution is -2.30. The van der Waals surface area contributed by atoms with E-state index in [0.29, 0.717) is 25.7 Å². The van der Waals surface area contributed by atoms with Gasteiger partial charge in [-0.15, -0.1) is 0 Å². The van der Waals surface area contributed by atoms with Crippen molar-refractivity contribution in [2.45, 2.75) is 445 Å². The summed E-state index contributed by atoms with van der Waals surface area (Å²) in [6.45, 7) is 9.65. The lowest BCUT2D eigenvalue weighted by molar-refractivity contribution is -0.161. The number of phosphoric ester groups is 2. The van der Waals surface area contributed by atoms with E-state index in [9.17, 15) is 43.2 Å². The zero-order valence-corrected chi connectivity index (χ0v) is 67.3. The third-order valence-corrected chi connectivity index (χ3v) is 21.2. The van der Waals surface area contributed by atoms with E-state index >= 15 is 0 Å². The molecule has 0 saturated carbocycles. The molecule has 19 heteroatoms. The van der Waals surface area contributed by atoms with Crippen LogP contribution >= 0.6 is 15.6 Å². The normalized spacial score (nSPS) is 14.2. The number of rotatable bonds is 80. The molecular weight excluding hydrogens is 1310 g/mol. The second kappa shape index (κ2) is 72.6. The molecule has 0 heterocycles. The molecule has 0 amide bonds. The SMILES string of the molecule is CCCCCCCCCCCCCCCCCCCCCCC(=O)O[C@H](COC(=O)CCCCCCCCCCCCCCCC(C)C)COP(=O)(O)OC[C@@H](O)COP(=O)(O)OC[C@@H](COC(=O)CCCCCCCCCCCCCC)OC(=O)CCCCCCCCCCC(C)CC. The number of esters is 4. The Kier molecular flexibility index (Phi) is 71.2. The van der Waals surface area contributed by atoms with Crippen LogP contribution < -0.4 is 0 Å². The number of phosphoric acid groups is 2. The van der Waals surface area contributed by atoms with Gasteiger partial charge < -0.3 is 33.8 Å². The van der Waals surface area contributed by atoms with Gasteiger partial charge in [0, 0.05) is 25.7 Å². The zero-order valence-electron chi connectivity index (χ0n) is 65.5. The number of carbonyl (C=O) groups excluding carboxylic acids is 4. The monoisotopic (exact) mass is 1470 g/mol. The maximum Gasteiger partial charge on any atom is 0.472 e. The van der Waals surface area contributed by atoms with Crippen LogP contribution in [-0.4, -0.2) is 96.7 Å². The third kappa shape index (κ3) is 73.0. The lowest BCUT2D eigenvalue weighted by Gasteiger charge is -2.21. The molecule has 0 aromatic carbocycles. The van der Waals surface area contributed by atoms with Crippen molar-refractivity contribution >= 4 is 39.5 Å². The number of hydrogen-bond acceptors (Lipinski definition) is 15. The van der Waals surface area contributed by atoms with E-state index in [2.05, 4.69) is 41.5 Å². The fourth-order valence-corrected chi connectivity index (χ4v) is 14.1. The molecule has 0 aliphatic carbocycles. The van der Waals surface area contributed by atoms with Crippen LogP contribution in [0.25, 0.3) is 0 Å². The molecule has 0 saturated heterocycles. The van der Waals surface area contributed by atoms with E-state index < -0.39 is 97.5 Å². The molecule has 0 aromatic heterocycles. The van der Waals surface area contributed by atoms with Crippen LogP contribution in [0.4, 0.5) is 0 Å². The number of hydrogen-bond donors (Lipinski definition) is 3. The highest BCUT2D eigenvalue weighted by Crippen LogP contribution is 2.45. The van der Waals surface area contributed by atoms with Gasteiger partial charge in [0.05, 0.1) is 26.4 Å². The number of aliphatic hydroxyl groups excluding tert-OH is 1. The van der Waals surface area contributed by atoms with Gasteiger partial charge in [-0.2, -0.15) is 0 Å². The molecule has 3 N–H and O–H groups in total. The number of unbranched alkanes of at least 4 members (excludes halogenated alkanes) is 49. The second-order valence-electron chi connectivity index (χ2n) is 29.9. The molecule has 0 spiro atoms. The maximum atomic E-state index is 13.1. The minimum Gasteiger partial charge on any atom is -0.462 e. The summed E-state index contributed by atoms with van der Waals surface area (Å²) in [5, 5.41) is 10.6. The summed E-state index contributed by atoms with van der Waals surface area (Å²) < 4.78 is 68.7. The topological polar surface area (TPSA) is 237 Å².